The van der Waals surface area contributed by atoms with Crippen molar-refractivity contribution in [2.75, 3.05) is 0 Å². The van der Waals surface area contributed by atoms with Gasteiger partial charge in [-0.25, -0.2) is 9.78 Å². The van der Waals surface area contributed by atoms with E-state index in [0.717, 1.165) is 17.0 Å². The number of carboxylic acids is 1. The smallest absolute Gasteiger partial charge is 0.335 e. The summed E-state index contributed by atoms with van der Waals surface area (Å²) in [4.78, 5) is 18.5. The van der Waals surface area contributed by atoms with Gasteiger partial charge in [-0.05, 0) is 31.2 Å². The Labute approximate surface area is 114 Å². The van der Waals surface area contributed by atoms with Crippen molar-refractivity contribution in [1.29, 1.82) is 0 Å². The largest absolute Gasteiger partial charge is 0.478 e. The summed E-state index contributed by atoms with van der Waals surface area (Å²) in [5, 5.41) is 8.88. The molecule has 0 saturated heterocycles. The first-order chi connectivity index (χ1) is 9.65. The third-order valence-corrected chi connectivity index (χ3v) is 3.04. The molecule has 3 aromatic rings. The zero-order valence-electron chi connectivity index (χ0n) is 10.8. The Morgan fingerprint density at radius 3 is 2.60 bits per heavy atom. The number of nitrogens with zero attached hydrogens (tertiary/aromatic N) is 1. The molecule has 5 nitrogen and oxygen atoms in total. The van der Waals surface area contributed by atoms with Gasteiger partial charge >= 0.3 is 5.97 Å². The first-order valence-electron chi connectivity index (χ1n) is 6.09. The van der Waals surface area contributed by atoms with Crippen molar-refractivity contribution in [1.82, 2.24) is 9.97 Å². The van der Waals surface area contributed by atoms with Crippen molar-refractivity contribution >= 4 is 5.97 Å². The molecule has 0 radical (unpaired) electrons. The molecule has 0 bridgehead atoms. The predicted molar refractivity (Wildman–Crippen MR) is 73.4 cm³/mol. The maximum Gasteiger partial charge on any atom is 0.335 e. The number of aromatic nitrogens is 2. The van der Waals surface area contributed by atoms with Crippen LogP contribution < -0.4 is 0 Å². The molecule has 1 aromatic carbocycles. The number of rotatable bonds is 3. The molecule has 0 spiro atoms. The number of H-pyrrole nitrogens is 1. The molecule has 2 N–H and O–H groups in total. The van der Waals surface area contributed by atoms with Gasteiger partial charge in [0.25, 0.3) is 0 Å². The van der Waals surface area contributed by atoms with Gasteiger partial charge in [0.1, 0.15) is 11.5 Å². The van der Waals surface area contributed by atoms with Crippen LogP contribution in [0.2, 0.25) is 0 Å². The minimum atomic E-state index is -0.941. The number of carbonyl (C=O) groups is 1. The molecule has 0 saturated carbocycles. The quantitative estimate of drug-likeness (QED) is 0.763. The van der Waals surface area contributed by atoms with Gasteiger partial charge in [-0.2, -0.15) is 0 Å². The normalized spacial score (nSPS) is 10.7. The van der Waals surface area contributed by atoms with Crippen LogP contribution in [-0.4, -0.2) is 21.0 Å². The Bertz CT molecular complexity index is 740. The van der Waals surface area contributed by atoms with Crippen molar-refractivity contribution < 1.29 is 14.3 Å². The Balaban J connectivity index is 1.99. The number of aryl methyl sites for hydroxylation is 1. The van der Waals surface area contributed by atoms with E-state index < -0.39 is 5.97 Å². The van der Waals surface area contributed by atoms with E-state index in [9.17, 15) is 4.79 Å². The van der Waals surface area contributed by atoms with Gasteiger partial charge in [0, 0.05) is 11.3 Å². The molecule has 2 aromatic heterocycles. The summed E-state index contributed by atoms with van der Waals surface area (Å²) < 4.78 is 5.34. The van der Waals surface area contributed by atoms with Crippen LogP contribution in [0.5, 0.6) is 0 Å². The maximum atomic E-state index is 10.8. The van der Waals surface area contributed by atoms with Crippen LogP contribution in [0, 0.1) is 6.92 Å². The van der Waals surface area contributed by atoms with Crippen LogP contribution in [0.4, 0.5) is 0 Å². The third kappa shape index (κ3) is 2.09. The van der Waals surface area contributed by atoms with Crippen LogP contribution in [0.15, 0.2) is 47.1 Å². The molecule has 5 heteroatoms. The van der Waals surface area contributed by atoms with Crippen molar-refractivity contribution in [2.24, 2.45) is 0 Å². The Kier molecular flexibility index (Phi) is 2.87. The lowest BCUT2D eigenvalue weighted by Gasteiger charge is -1.97. The molecular weight excluding hydrogens is 256 g/mol. The van der Waals surface area contributed by atoms with Gasteiger partial charge in [0.15, 0.2) is 5.76 Å². The molecule has 0 atom stereocenters. The van der Waals surface area contributed by atoms with Gasteiger partial charge in [-0.1, -0.05) is 12.1 Å². The van der Waals surface area contributed by atoms with E-state index >= 15 is 0 Å². The molecule has 0 aliphatic carbocycles. The highest BCUT2D eigenvalue weighted by Gasteiger charge is 2.12. The molecule has 20 heavy (non-hydrogen) atoms. The summed E-state index contributed by atoms with van der Waals surface area (Å²) in [5.41, 5.74) is 2.74. The van der Waals surface area contributed by atoms with Crippen LogP contribution in [0.1, 0.15) is 16.1 Å². The minimum Gasteiger partial charge on any atom is -0.478 e. The second kappa shape index (κ2) is 4.70. The minimum absolute atomic E-state index is 0.253. The lowest BCUT2D eigenvalue weighted by molar-refractivity contribution is 0.0697. The fourth-order valence-electron chi connectivity index (χ4n) is 2.02. The van der Waals surface area contributed by atoms with Gasteiger partial charge in [0.2, 0.25) is 0 Å². The van der Waals surface area contributed by atoms with Crippen molar-refractivity contribution in [3.8, 4) is 22.8 Å². The molecule has 2 heterocycles. The van der Waals surface area contributed by atoms with E-state index in [4.69, 9.17) is 9.52 Å². The highest BCUT2D eigenvalue weighted by Crippen LogP contribution is 2.26. The van der Waals surface area contributed by atoms with Gasteiger partial charge in [0.05, 0.1) is 11.8 Å². The van der Waals surface area contributed by atoms with Crippen LogP contribution >= 0.6 is 0 Å². The highest BCUT2D eigenvalue weighted by molar-refractivity contribution is 5.88. The predicted octanol–water partition coefficient (Wildman–Crippen LogP) is 3.34. The van der Waals surface area contributed by atoms with Crippen molar-refractivity contribution in [3.63, 3.8) is 0 Å². The summed E-state index contributed by atoms with van der Waals surface area (Å²) >= 11 is 0. The lowest BCUT2D eigenvalue weighted by atomic mass is 10.1. The molecule has 0 aliphatic heterocycles. The molecule has 100 valence electrons. The Morgan fingerprint density at radius 1 is 1.25 bits per heavy atom. The maximum absolute atomic E-state index is 10.8. The fraction of sp³-hybridized carbons (Fsp3) is 0.0667. The standard InChI is InChI=1S/C15H12N2O3/c1-9-13(12-3-2-8-20-12)17-14(16-9)10-4-6-11(7-5-10)15(18)19/h2-8H,1H3,(H,16,17)(H,18,19). The third-order valence-electron chi connectivity index (χ3n) is 3.04. The van der Waals surface area contributed by atoms with E-state index in [1.807, 2.05) is 19.1 Å². The average molecular weight is 268 g/mol. The first-order valence-corrected chi connectivity index (χ1v) is 6.09. The second-order valence-electron chi connectivity index (χ2n) is 4.42. The van der Waals surface area contributed by atoms with Crippen LogP contribution in [-0.2, 0) is 0 Å². The summed E-state index contributed by atoms with van der Waals surface area (Å²) in [5.74, 6) is 0.446. The number of carboxylic acid groups (broad SMARTS) is 1. The van der Waals surface area contributed by atoms with Crippen LogP contribution in [0.25, 0.3) is 22.8 Å². The topological polar surface area (TPSA) is 79.1 Å². The first kappa shape index (κ1) is 12.2. The SMILES string of the molecule is Cc1[nH]c(-c2ccc(C(=O)O)cc2)nc1-c1ccco1. The number of benzene rings is 1. The molecule has 0 amide bonds. The fourth-order valence-corrected chi connectivity index (χ4v) is 2.02. The second-order valence-corrected chi connectivity index (χ2v) is 4.42. The van der Waals surface area contributed by atoms with Gasteiger partial charge in [-0.15, -0.1) is 0 Å². The average Bonchev–Trinajstić information content (AvgIpc) is 3.07. The number of aromatic carboxylic acids is 1. The van der Waals surface area contributed by atoms with E-state index in [0.29, 0.717) is 11.6 Å². The Hall–Kier alpha value is -2.82. The zero-order valence-corrected chi connectivity index (χ0v) is 10.8. The molecular formula is C15H12N2O3. The number of nitrogens with one attached hydrogen (secondary N) is 1. The summed E-state index contributed by atoms with van der Waals surface area (Å²) in [6, 6.07) is 10.2. The molecule has 0 fully saturated rings. The summed E-state index contributed by atoms with van der Waals surface area (Å²) in [6.07, 6.45) is 1.60. The Morgan fingerprint density at radius 2 is 2.00 bits per heavy atom. The molecule has 0 unspecified atom stereocenters. The van der Waals surface area contributed by atoms with E-state index in [2.05, 4.69) is 9.97 Å². The molecule has 3 rings (SSSR count). The molecule has 0 aliphatic rings. The lowest BCUT2D eigenvalue weighted by Crippen LogP contribution is -1.95. The number of furan rings is 1. The zero-order chi connectivity index (χ0) is 14.1. The van der Waals surface area contributed by atoms with Crippen LogP contribution in [0.3, 0.4) is 0 Å². The van der Waals surface area contributed by atoms with E-state index in [1.165, 1.54) is 0 Å². The van der Waals surface area contributed by atoms with Gasteiger partial charge in [-0.3, -0.25) is 0 Å². The number of imidazole rings is 1. The monoisotopic (exact) mass is 268 g/mol. The number of hydrogen-bond acceptors (Lipinski definition) is 3. The summed E-state index contributed by atoms with van der Waals surface area (Å²) in [7, 11) is 0. The van der Waals surface area contributed by atoms with E-state index in [-0.39, 0.29) is 5.56 Å². The number of aromatic amines is 1. The highest BCUT2D eigenvalue weighted by atomic mass is 16.4. The van der Waals surface area contributed by atoms with E-state index in [1.54, 1.807) is 30.5 Å². The number of hydrogen-bond donors (Lipinski definition) is 2. The van der Waals surface area contributed by atoms with Crippen molar-refractivity contribution in [2.45, 2.75) is 6.92 Å². The summed E-state index contributed by atoms with van der Waals surface area (Å²) in [6.45, 7) is 1.92. The van der Waals surface area contributed by atoms with Crippen molar-refractivity contribution in [3.05, 3.63) is 53.9 Å². The van der Waals surface area contributed by atoms with Gasteiger partial charge < -0.3 is 14.5 Å².